The van der Waals surface area contributed by atoms with E-state index in [4.69, 9.17) is 0 Å². The van der Waals surface area contributed by atoms with E-state index in [1.165, 1.54) is 11.3 Å². The molecule has 2 aromatic heterocycles. The lowest BCUT2D eigenvalue weighted by atomic mass is 10.1. The van der Waals surface area contributed by atoms with Crippen LogP contribution in [0.25, 0.3) is 5.69 Å². The van der Waals surface area contributed by atoms with Crippen LogP contribution in [-0.2, 0) is 0 Å². The molecule has 0 aliphatic rings. The van der Waals surface area contributed by atoms with Crippen LogP contribution in [0, 0.1) is 25.2 Å². The predicted molar refractivity (Wildman–Crippen MR) is 97.7 cm³/mol. The van der Waals surface area contributed by atoms with Gasteiger partial charge in [-0.05, 0) is 59.6 Å². The molecule has 3 rings (SSSR count). The number of benzene rings is 1. The smallest absolute Gasteiger partial charge is 0.256 e. The lowest BCUT2D eigenvalue weighted by Crippen LogP contribution is -2.11. The van der Waals surface area contributed by atoms with E-state index in [-0.39, 0.29) is 5.91 Å². The van der Waals surface area contributed by atoms with Crippen LogP contribution in [0.3, 0.4) is 0 Å². The third-order valence-corrected chi connectivity index (χ3v) is 5.20. The maximum atomic E-state index is 12.4. The number of halogens is 1. The number of thiophene rings is 1. The average Bonchev–Trinajstić information content (AvgIpc) is 3.12. The number of nitrogens with one attached hydrogen (secondary N) is 1. The highest BCUT2D eigenvalue weighted by molar-refractivity contribution is 9.10. The minimum atomic E-state index is -0.235. The Morgan fingerprint density at radius 1 is 1.33 bits per heavy atom. The first-order chi connectivity index (χ1) is 11.5. The minimum absolute atomic E-state index is 0.235. The first kappa shape index (κ1) is 16.4. The number of rotatable bonds is 3. The van der Waals surface area contributed by atoms with E-state index < -0.39 is 0 Å². The third-order valence-electron chi connectivity index (χ3n) is 3.67. The first-order valence-corrected chi connectivity index (χ1v) is 8.72. The van der Waals surface area contributed by atoms with Gasteiger partial charge < -0.3 is 5.32 Å². The second kappa shape index (κ2) is 6.59. The van der Waals surface area contributed by atoms with Crippen LogP contribution >= 0.6 is 27.3 Å². The zero-order chi connectivity index (χ0) is 17.3. The number of hydrogen-bond acceptors (Lipinski definition) is 4. The highest BCUT2D eigenvalue weighted by atomic mass is 79.9. The summed E-state index contributed by atoms with van der Waals surface area (Å²) in [5.74, 6) is -0.235. The molecule has 0 saturated heterocycles. The van der Waals surface area contributed by atoms with E-state index in [9.17, 15) is 10.1 Å². The van der Waals surface area contributed by atoms with Crippen molar-refractivity contribution >= 4 is 38.2 Å². The van der Waals surface area contributed by atoms with Crippen LogP contribution in [0.2, 0.25) is 0 Å². The molecule has 0 aliphatic heterocycles. The van der Waals surface area contributed by atoms with E-state index in [0.717, 1.165) is 20.6 Å². The van der Waals surface area contributed by atoms with E-state index in [0.29, 0.717) is 16.1 Å². The second-order valence-electron chi connectivity index (χ2n) is 5.20. The zero-order valence-electron chi connectivity index (χ0n) is 13.0. The van der Waals surface area contributed by atoms with Crippen molar-refractivity contribution in [2.24, 2.45) is 0 Å². The molecule has 1 amide bonds. The molecule has 0 fully saturated rings. The summed E-state index contributed by atoms with van der Waals surface area (Å²) in [6.07, 6.45) is 3.54. The quantitative estimate of drug-likeness (QED) is 0.706. The van der Waals surface area contributed by atoms with E-state index in [1.807, 2.05) is 32.2 Å². The van der Waals surface area contributed by atoms with Gasteiger partial charge in [0.1, 0.15) is 11.1 Å². The van der Waals surface area contributed by atoms with Gasteiger partial charge in [0.2, 0.25) is 0 Å². The molecule has 1 aromatic carbocycles. The van der Waals surface area contributed by atoms with Gasteiger partial charge in [0, 0.05) is 16.6 Å². The Hall–Kier alpha value is -2.43. The van der Waals surface area contributed by atoms with Crippen LogP contribution in [0.15, 0.2) is 41.1 Å². The number of carbonyl (C=O) groups is 1. The third kappa shape index (κ3) is 3.11. The summed E-state index contributed by atoms with van der Waals surface area (Å²) in [5, 5.41) is 16.9. The van der Waals surface area contributed by atoms with Crippen LogP contribution < -0.4 is 5.32 Å². The molecule has 24 heavy (non-hydrogen) atoms. The number of amides is 1. The fourth-order valence-corrected chi connectivity index (χ4v) is 3.52. The number of nitriles is 1. The van der Waals surface area contributed by atoms with Crippen molar-refractivity contribution in [1.29, 1.82) is 5.26 Å². The molecular weight excluding hydrogens is 388 g/mol. The maximum absolute atomic E-state index is 12.4. The average molecular weight is 401 g/mol. The molecule has 0 unspecified atom stereocenters. The van der Waals surface area contributed by atoms with Gasteiger partial charge in [-0.15, -0.1) is 11.3 Å². The van der Waals surface area contributed by atoms with Crippen LogP contribution in [0.5, 0.6) is 0 Å². The maximum Gasteiger partial charge on any atom is 0.256 e. The topological polar surface area (TPSA) is 70.7 Å². The van der Waals surface area contributed by atoms with Crippen LogP contribution in [0.1, 0.15) is 26.4 Å². The Morgan fingerprint density at radius 2 is 2.04 bits per heavy atom. The molecule has 0 spiro atoms. The fourth-order valence-electron chi connectivity index (χ4n) is 2.23. The molecule has 0 radical (unpaired) electrons. The van der Waals surface area contributed by atoms with Crippen LogP contribution in [0.4, 0.5) is 5.00 Å². The molecule has 5 nitrogen and oxygen atoms in total. The molecule has 1 N–H and O–H groups in total. The fraction of sp³-hybridized carbons (Fsp3) is 0.118. The largest absolute Gasteiger partial charge is 0.312 e. The molecule has 0 atom stereocenters. The van der Waals surface area contributed by atoms with Gasteiger partial charge >= 0.3 is 0 Å². The van der Waals surface area contributed by atoms with Gasteiger partial charge in [-0.1, -0.05) is 0 Å². The molecule has 0 saturated carbocycles. The number of carbonyl (C=O) groups excluding carboxylic acids is 1. The highest BCUT2D eigenvalue weighted by Crippen LogP contribution is 2.32. The predicted octanol–water partition coefficient (Wildman–Crippen LogP) is 4.44. The van der Waals surface area contributed by atoms with Crippen molar-refractivity contribution in [3.05, 3.63) is 62.7 Å². The Bertz CT molecular complexity index is 950. The minimum Gasteiger partial charge on any atom is -0.312 e. The van der Waals surface area contributed by atoms with Crippen molar-refractivity contribution in [3.8, 4) is 11.8 Å². The molecule has 3 aromatic rings. The molecule has 120 valence electrons. The van der Waals surface area contributed by atoms with Crippen LogP contribution in [-0.4, -0.2) is 15.7 Å². The summed E-state index contributed by atoms with van der Waals surface area (Å²) in [5.41, 5.74) is 2.83. The normalized spacial score (nSPS) is 10.4. The van der Waals surface area contributed by atoms with E-state index >= 15 is 0 Å². The van der Waals surface area contributed by atoms with Crippen molar-refractivity contribution in [3.63, 3.8) is 0 Å². The van der Waals surface area contributed by atoms with Crippen molar-refractivity contribution in [2.75, 3.05) is 5.32 Å². The number of hydrogen-bond donors (Lipinski definition) is 1. The van der Waals surface area contributed by atoms with E-state index in [2.05, 4.69) is 32.4 Å². The second-order valence-corrected chi connectivity index (χ2v) is 7.34. The monoisotopic (exact) mass is 400 g/mol. The van der Waals surface area contributed by atoms with Gasteiger partial charge in [-0.25, -0.2) is 4.68 Å². The molecular formula is C17H13BrN4OS. The summed E-state index contributed by atoms with van der Waals surface area (Å²) >= 11 is 4.77. The Morgan fingerprint density at radius 3 is 2.62 bits per heavy atom. The van der Waals surface area contributed by atoms with Gasteiger partial charge in [0.05, 0.1) is 21.9 Å². The summed E-state index contributed by atoms with van der Waals surface area (Å²) in [7, 11) is 0. The summed E-state index contributed by atoms with van der Waals surface area (Å²) in [4.78, 5) is 13.4. The van der Waals surface area contributed by atoms with Gasteiger partial charge in [0.15, 0.2) is 0 Å². The molecule has 0 aliphatic carbocycles. The number of aryl methyl sites for hydroxylation is 1. The van der Waals surface area contributed by atoms with Gasteiger partial charge in [-0.3, -0.25) is 4.79 Å². The number of aromatic nitrogens is 2. The Labute approximate surface area is 151 Å². The highest BCUT2D eigenvalue weighted by Gasteiger charge is 2.15. The summed E-state index contributed by atoms with van der Waals surface area (Å²) in [6, 6.07) is 9.27. The lowest BCUT2D eigenvalue weighted by Gasteiger charge is -2.05. The van der Waals surface area contributed by atoms with Crippen molar-refractivity contribution in [2.45, 2.75) is 13.8 Å². The summed E-state index contributed by atoms with van der Waals surface area (Å²) in [6.45, 7) is 3.82. The lowest BCUT2D eigenvalue weighted by molar-refractivity contribution is 0.102. The Kier molecular flexibility index (Phi) is 4.51. The Balaban J connectivity index is 1.81. The van der Waals surface area contributed by atoms with E-state index in [1.54, 1.807) is 23.0 Å². The molecule has 2 heterocycles. The zero-order valence-corrected chi connectivity index (χ0v) is 15.4. The number of anilines is 1. The van der Waals surface area contributed by atoms with Crippen molar-refractivity contribution < 1.29 is 4.79 Å². The molecule has 0 bridgehead atoms. The van der Waals surface area contributed by atoms with Crippen molar-refractivity contribution in [1.82, 2.24) is 9.78 Å². The summed E-state index contributed by atoms with van der Waals surface area (Å²) < 4.78 is 2.60. The number of nitrogens with zero attached hydrogens (tertiary/aromatic N) is 3. The van der Waals surface area contributed by atoms with Gasteiger partial charge in [-0.2, -0.15) is 10.4 Å². The SMILES string of the molecule is Cc1sc(NC(=O)c2ccc(-n3cc(Br)cn3)cc2)c(C#N)c1C. The van der Waals surface area contributed by atoms with Gasteiger partial charge in [0.25, 0.3) is 5.91 Å². The first-order valence-electron chi connectivity index (χ1n) is 7.11. The standard InChI is InChI=1S/C17H13BrN4OS/c1-10-11(2)24-17(15(10)7-19)21-16(23)12-3-5-14(6-4-12)22-9-13(18)8-20-22/h3-6,8-9H,1-2H3,(H,21,23). The molecule has 7 heteroatoms.